The first-order valence-corrected chi connectivity index (χ1v) is 27.6. The molecule has 0 N–H and O–H groups in total. The number of aromatic nitrogens is 2. The van der Waals surface area contributed by atoms with Gasteiger partial charge in [0.1, 0.15) is 0 Å². The molecule has 0 aliphatic heterocycles. The Hall–Kier alpha value is -9.32. The minimum Gasteiger partial charge on any atom is -0.309 e. The smallest absolute Gasteiger partial charge is 0.0555 e. The lowest BCUT2D eigenvalue weighted by molar-refractivity contribution is 1.18. The molecular weight excluding hydrogens is 957 g/mol. The van der Waals surface area contributed by atoms with Crippen LogP contribution in [0, 0.1) is 0 Å². The standard InChI is InChI=1S/C72H44N2S2/c1-5-19-45(20-6-1)48-37-49(46-21-7-2-8-22-46)39-50(38-48)60-40-47(53-29-17-31-58-63-41-61-55-27-13-15-33-65(55)73(51-23-9-3-10-24-51)67(61)43-69(63)75-71(53)58)35-36-54(60)57-30-18-32-59-64-42-62-56-28-14-16-34-66(56)74(52-25-11-4-12-26-52)68(62)44-70(64)76-72(57)59/h1-44H. The van der Waals surface area contributed by atoms with Crippen molar-refractivity contribution in [2.75, 3.05) is 0 Å². The molecule has 0 saturated heterocycles. The second-order valence-corrected chi connectivity index (χ2v) is 22.1. The van der Waals surface area contributed by atoms with Gasteiger partial charge in [-0.15, -0.1) is 22.7 Å². The summed E-state index contributed by atoms with van der Waals surface area (Å²) < 4.78 is 10.0. The van der Waals surface area contributed by atoms with Crippen LogP contribution in [-0.4, -0.2) is 9.13 Å². The van der Waals surface area contributed by atoms with Gasteiger partial charge < -0.3 is 9.13 Å². The van der Waals surface area contributed by atoms with Gasteiger partial charge in [0.2, 0.25) is 0 Å². The Morgan fingerprint density at radius 2 is 0.645 bits per heavy atom. The third-order valence-electron chi connectivity index (χ3n) is 15.7. The number of hydrogen-bond donors (Lipinski definition) is 0. The van der Waals surface area contributed by atoms with Crippen molar-refractivity contribution in [2.45, 2.75) is 0 Å². The second-order valence-electron chi connectivity index (χ2n) is 20.0. The molecule has 0 unspecified atom stereocenters. The first kappa shape index (κ1) is 43.1. The first-order valence-electron chi connectivity index (χ1n) is 26.0. The van der Waals surface area contributed by atoms with Gasteiger partial charge in [0, 0.05) is 78.8 Å². The van der Waals surface area contributed by atoms with Gasteiger partial charge in [-0.3, -0.25) is 0 Å². The van der Waals surface area contributed by atoms with Crippen LogP contribution in [-0.2, 0) is 0 Å². The zero-order valence-corrected chi connectivity index (χ0v) is 42.7. The molecule has 76 heavy (non-hydrogen) atoms. The summed E-state index contributed by atoms with van der Waals surface area (Å²) in [5, 5.41) is 10.2. The van der Waals surface area contributed by atoms with Crippen LogP contribution in [0.15, 0.2) is 267 Å². The van der Waals surface area contributed by atoms with E-state index in [0.29, 0.717) is 0 Å². The van der Waals surface area contributed by atoms with Gasteiger partial charge >= 0.3 is 0 Å². The number of hydrogen-bond acceptors (Lipinski definition) is 2. The van der Waals surface area contributed by atoms with Crippen molar-refractivity contribution in [1.29, 1.82) is 0 Å². The molecule has 354 valence electrons. The molecule has 4 heterocycles. The van der Waals surface area contributed by atoms with Crippen molar-refractivity contribution in [1.82, 2.24) is 9.13 Å². The van der Waals surface area contributed by atoms with E-state index < -0.39 is 0 Å². The lowest BCUT2D eigenvalue weighted by Gasteiger charge is -2.17. The van der Waals surface area contributed by atoms with Crippen LogP contribution >= 0.6 is 22.7 Å². The molecule has 16 rings (SSSR count). The van der Waals surface area contributed by atoms with Crippen molar-refractivity contribution in [3.63, 3.8) is 0 Å². The number of nitrogens with zero attached hydrogens (tertiary/aromatic N) is 2. The van der Waals surface area contributed by atoms with Crippen molar-refractivity contribution >= 4 is 107 Å². The van der Waals surface area contributed by atoms with Crippen LogP contribution < -0.4 is 0 Å². The highest BCUT2D eigenvalue weighted by Gasteiger charge is 2.22. The maximum absolute atomic E-state index is 2.48. The molecule has 0 aliphatic rings. The SMILES string of the molecule is c1ccc(-c2cc(-c3ccccc3)cc(-c3cc(-c4cccc5c4sc4cc6c(cc45)c4ccccc4n6-c4ccccc4)ccc3-c3cccc4c3sc3cc5c(cc34)c3ccccc3n5-c3ccccc3)c2)cc1. The Labute approximate surface area is 446 Å². The van der Waals surface area contributed by atoms with E-state index in [1.165, 1.54) is 151 Å². The van der Waals surface area contributed by atoms with Crippen molar-refractivity contribution < 1.29 is 0 Å². The molecule has 0 radical (unpaired) electrons. The zero-order valence-electron chi connectivity index (χ0n) is 41.1. The molecule has 4 heteroatoms. The second kappa shape index (κ2) is 17.1. The van der Waals surface area contributed by atoms with Gasteiger partial charge in [-0.25, -0.2) is 0 Å². The van der Waals surface area contributed by atoms with E-state index in [1.807, 2.05) is 22.7 Å². The van der Waals surface area contributed by atoms with Crippen molar-refractivity contribution in [2.24, 2.45) is 0 Å². The van der Waals surface area contributed by atoms with Gasteiger partial charge in [-0.2, -0.15) is 0 Å². The number of fused-ring (bicyclic) bond motifs is 12. The van der Waals surface area contributed by atoms with Gasteiger partial charge in [0.25, 0.3) is 0 Å². The minimum atomic E-state index is 1.17. The summed E-state index contributed by atoms with van der Waals surface area (Å²) in [4.78, 5) is 0. The highest BCUT2D eigenvalue weighted by molar-refractivity contribution is 7.26. The van der Waals surface area contributed by atoms with Crippen LogP contribution in [0.4, 0.5) is 0 Å². The summed E-state index contributed by atoms with van der Waals surface area (Å²) in [7, 11) is 0. The Morgan fingerprint density at radius 3 is 1.17 bits per heavy atom. The first-order chi connectivity index (χ1) is 37.7. The molecule has 16 aromatic rings. The third kappa shape index (κ3) is 6.71. The molecule has 2 nitrogen and oxygen atoms in total. The average molecular weight is 1000 g/mol. The number of benzene rings is 12. The highest BCUT2D eigenvalue weighted by atomic mass is 32.1. The maximum Gasteiger partial charge on any atom is 0.0555 e. The number of rotatable bonds is 7. The van der Waals surface area contributed by atoms with E-state index in [0.717, 1.165) is 0 Å². The van der Waals surface area contributed by atoms with Crippen LogP contribution in [0.5, 0.6) is 0 Å². The topological polar surface area (TPSA) is 9.86 Å². The van der Waals surface area contributed by atoms with Gasteiger partial charge in [-0.1, -0.05) is 182 Å². The van der Waals surface area contributed by atoms with Crippen molar-refractivity contribution in [3.8, 4) is 67.0 Å². The van der Waals surface area contributed by atoms with E-state index in [9.17, 15) is 0 Å². The predicted octanol–water partition coefficient (Wildman–Crippen LogP) is 21.0. The molecular formula is C72H44N2S2. The molecule has 12 aromatic carbocycles. The molecule has 0 aliphatic carbocycles. The lowest BCUT2D eigenvalue weighted by atomic mass is 9.87. The zero-order chi connectivity index (χ0) is 49.8. The van der Waals surface area contributed by atoms with E-state index in [-0.39, 0.29) is 0 Å². The fraction of sp³-hybridized carbons (Fsp3) is 0. The summed E-state index contributed by atoms with van der Waals surface area (Å²) in [6, 6.07) is 99.0. The Kier molecular flexibility index (Phi) is 9.71. The molecule has 4 aromatic heterocycles. The molecule has 0 spiro atoms. The quantitative estimate of drug-likeness (QED) is 0.151. The predicted molar refractivity (Wildman–Crippen MR) is 328 cm³/mol. The largest absolute Gasteiger partial charge is 0.309 e. The van der Waals surface area contributed by atoms with Crippen molar-refractivity contribution in [3.05, 3.63) is 267 Å². The van der Waals surface area contributed by atoms with E-state index in [1.54, 1.807) is 0 Å². The third-order valence-corrected chi connectivity index (χ3v) is 18.1. The fourth-order valence-electron chi connectivity index (χ4n) is 12.2. The molecule has 0 amide bonds. The van der Waals surface area contributed by atoms with Gasteiger partial charge in [-0.05, 0) is 135 Å². The van der Waals surface area contributed by atoms with Crippen LogP contribution in [0.25, 0.3) is 151 Å². The Bertz CT molecular complexity index is 4910. The van der Waals surface area contributed by atoms with Gasteiger partial charge in [0.05, 0.1) is 22.1 Å². The monoisotopic (exact) mass is 1000 g/mol. The fourth-order valence-corrected chi connectivity index (χ4v) is 14.7. The maximum atomic E-state index is 2.48. The summed E-state index contributed by atoms with van der Waals surface area (Å²) in [5.41, 5.74) is 19.3. The van der Waals surface area contributed by atoms with Crippen LogP contribution in [0.2, 0.25) is 0 Å². The van der Waals surface area contributed by atoms with Crippen LogP contribution in [0.1, 0.15) is 0 Å². The average Bonchev–Trinajstić information content (AvgIpc) is 4.24. The molecule has 0 fully saturated rings. The summed E-state index contributed by atoms with van der Waals surface area (Å²) in [6.07, 6.45) is 0. The Morgan fingerprint density at radius 1 is 0.211 bits per heavy atom. The molecule has 0 atom stereocenters. The minimum absolute atomic E-state index is 1.17. The number of thiophene rings is 2. The lowest BCUT2D eigenvalue weighted by Crippen LogP contribution is -1.92. The Balaban J connectivity index is 0.936. The summed E-state index contributed by atoms with van der Waals surface area (Å²) >= 11 is 3.81. The molecule has 0 saturated carbocycles. The van der Waals surface area contributed by atoms with E-state index in [4.69, 9.17) is 0 Å². The van der Waals surface area contributed by atoms with E-state index >= 15 is 0 Å². The highest BCUT2D eigenvalue weighted by Crippen LogP contribution is 2.49. The summed E-state index contributed by atoms with van der Waals surface area (Å²) in [6.45, 7) is 0. The van der Waals surface area contributed by atoms with Gasteiger partial charge in [0.15, 0.2) is 0 Å². The molecule has 0 bridgehead atoms. The normalized spacial score (nSPS) is 11.9. The number of para-hydroxylation sites is 4. The van der Waals surface area contributed by atoms with E-state index in [2.05, 4.69) is 276 Å². The van der Waals surface area contributed by atoms with Crippen LogP contribution in [0.3, 0.4) is 0 Å². The summed E-state index contributed by atoms with van der Waals surface area (Å²) in [5.74, 6) is 0.